The van der Waals surface area contributed by atoms with Crippen LogP contribution in [0.5, 0.6) is 0 Å². The van der Waals surface area contributed by atoms with Crippen LogP contribution in [0.3, 0.4) is 0 Å². The molecule has 0 fully saturated rings. The van der Waals surface area contributed by atoms with Crippen molar-refractivity contribution in [3.05, 3.63) is 71.8 Å². The third-order valence-corrected chi connectivity index (χ3v) is 7.38. The number of nitrogens with one attached hydrogen (secondary N) is 1. The van der Waals surface area contributed by atoms with Gasteiger partial charge in [0.05, 0.1) is 6.04 Å². The number of alkyl halides is 16. The fourth-order valence-electron chi connectivity index (χ4n) is 4.67. The van der Waals surface area contributed by atoms with E-state index in [0.29, 0.717) is 19.2 Å². The minimum atomic E-state index is -8.22. The maximum atomic E-state index is 15.0. The molecule has 300 valence electrons. The minimum Gasteiger partial charge on any atom is -0.457 e. The van der Waals surface area contributed by atoms with Gasteiger partial charge in [-0.2, -0.15) is 70.2 Å². The summed E-state index contributed by atoms with van der Waals surface area (Å²) < 4.78 is 238. The lowest BCUT2D eigenvalue weighted by Crippen LogP contribution is -2.70. The molecule has 0 aliphatic heterocycles. The Morgan fingerprint density at radius 2 is 1.09 bits per heavy atom. The van der Waals surface area contributed by atoms with Crippen LogP contribution >= 0.6 is 0 Å². The van der Waals surface area contributed by atoms with E-state index in [4.69, 9.17) is 9.47 Å². The van der Waals surface area contributed by atoms with Crippen LogP contribution in [0.1, 0.15) is 50.8 Å². The van der Waals surface area contributed by atoms with Crippen molar-refractivity contribution in [1.82, 2.24) is 5.32 Å². The lowest BCUT2D eigenvalue weighted by molar-refractivity contribution is -0.440. The molecule has 0 bridgehead atoms. The topological polar surface area (TPSA) is 73.9 Å². The van der Waals surface area contributed by atoms with Gasteiger partial charge in [-0.1, -0.05) is 60.7 Å². The first-order valence-corrected chi connectivity index (χ1v) is 14.6. The second-order valence-electron chi connectivity index (χ2n) is 12.3. The summed E-state index contributed by atoms with van der Waals surface area (Å²) in [6.45, 7) is 3.83. The van der Waals surface area contributed by atoms with Gasteiger partial charge in [-0.15, -0.1) is 0 Å². The molecule has 3 atom stereocenters. The average Bonchev–Trinajstić information content (AvgIpc) is 3.01. The van der Waals surface area contributed by atoms with Crippen LogP contribution in [0.25, 0.3) is 0 Å². The molecule has 0 aliphatic rings. The quantitative estimate of drug-likeness (QED) is 0.152. The number of halogens is 16. The van der Waals surface area contributed by atoms with Crippen molar-refractivity contribution in [2.45, 2.75) is 98.9 Å². The molecule has 6 nitrogen and oxygen atoms in total. The van der Waals surface area contributed by atoms with Crippen LogP contribution < -0.4 is 5.32 Å². The van der Waals surface area contributed by atoms with Gasteiger partial charge in [0, 0.05) is 19.1 Å². The average molecular weight is 800 g/mol. The van der Waals surface area contributed by atoms with Gasteiger partial charge in [0.25, 0.3) is 5.60 Å². The van der Waals surface area contributed by atoms with Gasteiger partial charge in [-0.25, -0.2) is 9.59 Å². The van der Waals surface area contributed by atoms with E-state index in [2.05, 4.69) is 4.74 Å². The lowest BCUT2D eigenvalue weighted by atomic mass is 9.89. The molecule has 0 aromatic heterocycles. The first-order chi connectivity index (χ1) is 23.7. The van der Waals surface area contributed by atoms with Crippen molar-refractivity contribution in [3.8, 4) is 0 Å². The summed E-state index contributed by atoms with van der Waals surface area (Å²) in [5.41, 5.74) is -6.96. The predicted molar refractivity (Wildman–Crippen MR) is 150 cm³/mol. The van der Waals surface area contributed by atoms with Gasteiger partial charge in [-0.05, 0) is 32.8 Å². The zero-order chi connectivity index (χ0) is 41.3. The molecule has 0 saturated heterocycles. The zero-order valence-corrected chi connectivity index (χ0v) is 27.4. The van der Waals surface area contributed by atoms with E-state index in [1.807, 2.05) is 5.32 Å². The van der Waals surface area contributed by atoms with E-state index >= 15 is 0 Å². The molecule has 0 spiro atoms. The monoisotopic (exact) mass is 799 g/mol. The number of amides is 1. The molecular formula is C31H29F16NO5. The number of alkyl carbamates (subject to hydrolysis) is 1. The van der Waals surface area contributed by atoms with Gasteiger partial charge in [-0.3, -0.25) is 0 Å². The van der Waals surface area contributed by atoms with Gasteiger partial charge in [0.2, 0.25) is 0 Å². The summed E-state index contributed by atoms with van der Waals surface area (Å²) >= 11 is 0. The molecule has 0 saturated carbocycles. The summed E-state index contributed by atoms with van der Waals surface area (Å²) in [7, 11) is 0.331. The fourth-order valence-corrected chi connectivity index (χ4v) is 4.67. The Kier molecular flexibility index (Phi) is 12.8. The van der Waals surface area contributed by atoms with E-state index < -0.39 is 95.8 Å². The third kappa shape index (κ3) is 8.72. The third-order valence-electron chi connectivity index (χ3n) is 7.38. The number of ether oxygens (including phenoxy) is 3. The SMILES string of the molecule is CO[C@@](C(=O)O[C@H](CCC(F)(F)C(F)(F)C(F)(F)C(F)(F)C(F)(F)C(F)(F)F)[C@@H](NC(=O)OC(C)(C)C)c1ccccc1)(c1ccccc1)C(F)(F)F. The van der Waals surface area contributed by atoms with Crippen LogP contribution in [-0.2, 0) is 24.6 Å². The van der Waals surface area contributed by atoms with Gasteiger partial charge < -0.3 is 19.5 Å². The van der Waals surface area contributed by atoms with E-state index in [0.717, 1.165) is 36.4 Å². The maximum absolute atomic E-state index is 15.0. The number of carbonyl (C=O) groups excluding carboxylic acids is 2. The maximum Gasteiger partial charge on any atom is 0.460 e. The molecule has 0 heterocycles. The van der Waals surface area contributed by atoms with Crippen molar-refractivity contribution < 1.29 is 94.0 Å². The van der Waals surface area contributed by atoms with Gasteiger partial charge in [0.15, 0.2) is 0 Å². The predicted octanol–water partition coefficient (Wildman–Crippen LogP) is 9.79. The van der Waals surface area contributed by atoms with Crippen LogP contribution in [-0.4, -0.2) is 72.8 Å². The van der Waals surface area contributed by atoms with E-state index in [1.165, 1.54) is 32.9 Å². The summed E-state index contributed by atoms with van der Waals surface area (Å²) in [5.74, 6) is -41.4. The Labute approximate surface area is 289 Å². The molecule has 2 aromatic carbocycles. The molecular weight excluding hydrogens is 770 g/mol. The number of benzene rings is 2. The second-order valence-corrected chi connectivity index (χ2v) is 12.3. The second kappa shape index (κ2) is 15.0. The van der Waals surface area contributed by atoms with E-state index in [-0.39, 0.29) is 5.56 Å². The number of methoxy groups -OCH3 is 1. The molecule has 1 N–H and O–H groups in total. The Morgan fingerprint density at radius 1 is 0.642 bits per heavy atom. The Morgan fingerprint density at radius 3 is 1.51 bits per heavy atom. The van der Waals surface area contributed by atoms with Crippen LogP contribution in [0.15, 0.2) is 60.7 Å². The lowest BCUT2D eigenvalue weighted by Gasteiger charge is -2.40. The van der Waals surface area contributed by atoms with Crippen molar-refractivity contribution in [3.63, 3.8) is 0 Å². The largest absolute Gasteiger partial charge is 0.460 e. The first kappa shape index (κ1) is 45.2. The van der Waals surface area contributed by atoms with Crippen molar-refractivity contribution >= 4 is 12.1 Å². The van der Waals surface area contributed by atoms with Crippen molar-refractivity contribution in [2.24, 2.45) is 0 Å². The normalized spacial score (nSPS) is 16.3. The summed E-state index contributed by atoms with van der Waals surface area (Å²) in [6, 6.07) is 7.77. The molecule has 22 heteroatoms. The summed E-state index contributed by atoms with van der Waals surface area (Å²) in [6.07, 6.45) is -22.9. The summed E-state index contributed by atoms with van der Waals surface area (Å²) in [4.78, 5) is 26.2. The highest BCUT2D eigenvalue weighted by atomic mass is 19.4. The van der Waals surface area contributed by atoms with Crippen molar-refractivity contribution in [2.75, 3.05) is 7.11 Å². The molecule has 0 aliphatic carbocycles. The van der Waals surface area contributed by atoms with E-state index in [9.17, 15) is 79.8 Å². The number of hydrogen-bond donors (Lipinski definition) is 1. The standard InChI is InChI=1S/C31H29F16NO5/c1-23(2,3)53-22(50)48-20(17-11-7-5-8-12-17)19(52-21(49)25(51-4,30(42,43)44)18-13-9-6-10-14-18)15-16-24(32,33)26(34,35)27(36,37)28(38,39)29(40,41)31(45,46)47/h5-14,19-20H,15-16H2,1-4H3,(H,48,50)/t19-,20+,25-/m1/s1. The summed E-state index contributed by atoms with van der Waals surface area (Å²) in [5, 5.41) is 1.92. The Bertz CT molecular complexity index is 1540. The molecule has 1 amide bonds. The zero-order valence-electron chi connectivity index (χ0n) is 27.4. The Balaban J connectivity index is 2.78. The highest BCUT2D eigenvalue weighted by Crippen LogP contribution is 2.61. The van der Waals surface area contributed by atoms with Crippen molar-refractivity contribution in [1.29, 1.82) is 0 Å². The number of rotatable bonds is 14. The molecule has 0 unspecified atom stereocenters. The molecule has 0 radical (unpaired) electrons. The van der Waals surface area contributed by atoms with Crippen LogP contribution in [0.2, 0.25) is 0 Å². The van der Waals surface area contributed by atoms with Crippen LogP contribution in [0.4, 0.5) is 75.0 Å². The Hall–Kier alpha value is -3.98. The van der Waals surface area contributed by atoms with Gasteiger partial charge >= 0.3 is 54.0 Å². The minimum absolute atomic E-state index is 0.331. The number of hydrogen-bond acceptors (Lipinski definition) is 5. The number of esters is 1. The molecule has 2 aromatic rings. The highest BCUT2D eigenvalue weighted by molar-refractivity contribution is 5.83. The first-order valence-electron chi connectivity index (χ1n) is 14.6. The molecule has 53 heavy (non-hydrogen) atoms. The molecule has 2 rings (SSSR count). The highest BCUT2D eigenvalue weighted by Gasteiger charge is 2.90. The van der Waals surface area contributed by atoms with E-state index in [1.54, 1.807) is 0 Å². The van der Waals surface area contributed by atoms with Crippen LogP contribution in [0, 0.1) is 0 Å². The fraction of sp³-hybridized carbons (Fsp3) is 0.548. The van der Waals surface area contributed by atoms with Gasteiger partial charge in [0.1, 0.15) is 11.7 Å². The number of carbonyl (C=O) groups is 2. The smallest absolute Gasteiger partial charge is 0.457 e.